The van der Waals surface area contributed by atoms with E-state index in [0.717, 1.165) is 18.4 Å². The summed E-state index contributed by atoms with van der Waals surface area (Å²) in [5.41, 5.74) is -1.14. The second kappa shape index (κ2) is 6.57. The molecule has 0 amide bonds. The highest BCUT2D eigenvalue weighted by molar-refractivity contribution is 5.81. The summed E-state index contributed by atoms with van der Waals surface area (Å²) < 4.78 is 0. The Morgan fingerprint density at radius 1 is 1.00 bits per heavy atom. The van der Waals surface area contributed by atoms with Crippen LogP contribution >= 0.6 is 0 Å². The third-order valence-corrected chi connectivity index (χ3v) is 9.67. The minimum absolute atomic E-state index is 0.0891. The summed E-state index contributed by atoms with van der Waals surface area (Å²) >= 11 is 0. The molecule has 3 saturated carbocycles. The van der Waals surface area contributed by atoms with E-state index in [1.165, 1.54) is 0 Å². The molecule has 0 unspecified atom stereocenters. The zero-order valence-electron chi connectivity index (χ0n) is 18.2. The summed E-state index contributed by atoms with van der Waals surface area (Å²) in [4.78, 5) is 36.6. The summed E-state index contributed by atoms with van der Waals surface area (Å²) in [5.74, 6) is -6.39. The lowest BCUT2D eigenvalue weighted by molar-refractivity contribution is -0.343. The van der Waals surface area contributed by atoms with Gasteiger partial charge in [-0.3, -0.25) is 0 Å². The lowest BCUT2D eigenvalue weighted by Crippen LogP contribution is -2.69. The van der Waals surface area contributed by atoms with Crippen LogP contribution in [-0.4, -0.2) is 17.9 Å². The van der Waals surface area contributed by atoms with Gasteiger partial charge in [0.15, 0.2) is 0 Å². The summed E-state index contributed by atoms with van der Waals surface area (Å²) in [7, 11) is 0. The molecule has 0 aromatic rings. The van der Waals surface area contributed by atoms with Crippen LogP contribution in [0.15, 0.2) is 11.6 Å². The molecule has 5 rings (SSSR count). The van der Waals surface area contributed by atoms with Gasteiger partial charge in [-0.2, -0.15) is 0 Å². The molecule has 0 aromatic carbocycles. The third-order valence-electron chi connectivity index (χ3n) is 9.67. The van der Waals surface area contributed by atoms with Crippen molar-refractivity contribution in [3.8, 4) is 0 Å². The Kier molecular flexibility index (Phi) is 4.68. The lowest BCUT2D eigenvalue weighted by Gasteiger charge is -2.70. The van der Waals surface area contributed by atoms with Gasteiger partial charge in [0.25, 0.3) is 0 Å². The van der Waals surface area contributed by atoms with Crippen LogP contribution in [0.3, 0.4) is 0 Å². The summed E-state index contributed by atoms with van der Waals surface area (Å²) in [6.07, 6.45) is 5.79. The molecule has 0 aromatic heterocycles. The number of hydrogen-bond donors (Lipinski definition) is 0. The highest BCUT2D eigenvalue weighted by Crippen LogP contribution is 2.73. The molecule has 0 saturated heterocycles. The van der Waals surface area contributed by atoms with E-state index in [9.17, 15) is 29.7 Å². The molecular weight excluding hydrogens is 384 g/mol. The molecule has 166 valence electrons. The summed E-state index contributed by atoms with van der Waals surface area (Å²) in [5, 5.41) is 36.6. The van der Waals surface area contributed by atoms with E-state index in [2.05, 4.69) is 13.0 Å². The van der Waals surface area contributed by atoms with Crippen molar-refractivity contribution in [2.45, 2.75) is 66.2 Å². The first-order valence-electron chi connectivity index (χ1n) is 11.3. The molecule has 8 atom stereocenters. The first-order valence-corrected chi connectivity index (χ1v) is 11.3. The Bertz CT molecular complexity index is 830. The van der Waals surface area contributed by atoms with Gasteiger partial charge in [0.2, 0.25) is 0 Å². The van der Waals surface area contributed by atoms with Gasteiger partial charge in [0, 0.05) is 40.6 Å². The van der Waals surface area contributed by atoms with Gasteiger partial charge in [0.05, 0.1) is 0 Å². The molecule has 2 bridgehead atoms. The summed E-state index contributed by atoms with van der Waals surface area (Å²) in [6, 6.07) is 0. The van der Waals surface area contributed by atoms with E-state index in [0.29, 0.717) is 25.7 Å². The minimum Gasteiger partial charge on any atom is -0.550 e. The maximum atomic E-state index is 12.3. The smallest absolute Gasteiger partial charge is 0.0476 e. The molecule has 30 heavy (non-hydrogen) atoms. The predicted molar refractivity (Wildman–Crippen MR) is 102 cm³/mol. The zero-order valence-corrected chi connectivity index (χ0v) is 18.2. The molecule has 0 heterocycles. The van der Waals surface area contributed by atoms with Crippen molar-refractivity contribution in [3.05, 3.63) is 11.6 Å². The Labute approximate surface area is 177 Å². The van der Waals surface area contributed by atoms with E-state index in [-0.39, 0.29) is 23.2 Å². The van der Waals surface area contributed by atoms with Crippen LogP contribution < -0.4 is 15.3 Å². The van der Waals surface area contributed by atoms with Crippen molar-refractivity contribution in [3.63, 3.8) is 0 Å². The third kappa shape index (κ3) is 2.51. The Morgan fingerprint density at radius 3 is 2.20 bits per heavy atom. The van der Waals surface area contributed by atoms with Crippen LogP contribution in [0.5, 0.6) is 0 Å². The van der Waals surface area contributed by atoms with Crippen LogP contribution in [0.2, 0.25) is 0 Å². The topological polar surface area (TPSA) is 120 Å². The van der Waals surface area contributed by atoms with Gasteiger partial charge in [-0.25, -0.2) is 0 Å². The SMILES string of the molecule is CC(C)C1=C[C@@]23CC[C@@H]4[C@](C)(CCC[C@@]4(C)C(=O)[O-])[C@@H]2C[C@H]1[C@H](C(=O)[O-])[C@@H]3C(=O)[O-]. The highest BCUT2D eigenvalue weighted by atomic mass is 16.4. The van der Waals surface area contributed by atoms with Crippen LogP contribution in [0, 0.1) is 51.8 Å². The monoisotopic (exact) mass is 415 g/mol. The van der Waals surface area contributed by atoms with Gasteiger partial charge < -0.3 is 29.7 Å². The first kappa shape index (κ1) is 21.4. The molecule has 5 aliphatic carbocycles. The number of carbonyl (C=O) groups is 3. The molecule has 5 aliphatic rings. The van der Waals surface area contributed by atoms with Crippen molar-refractivity contribution < 1.29 is 29.7 Å². The number of allylic oxidation sites excluding steroid dienone is 2. The van der Waals surface area contributed by atoms with Crippen molar-refractivity contribution in [1.82, 2.24) is 0 Å². The molecule has 0 N–H and O–H groups in total. The van der Waals surface area contributed by atoms with Gasteiger partial charge in [-0.15, -0.1) is 0 Å². The number of rotatable bonds is 4. The fourth-order valence-electron chi connectivity index (χ4n) is 8.52. The average Bonchev–Trinajstić information content (AvgIpc) is 2.65. The summed E-state index contributed by atoms with van der Waals surface area (Å²) in [6.45, 7) is 7.91. The van der Waals surface area contributed by atoms with E-state index < -0.39 is 46.5 Å². The molecule has 1 spiro atoms. The van der Waals surface area contributed by atoms with Crippen molar-refractivity contribution >= 4 is 17.9 Å². The molecule has 6 heteroatoms. The number of carboxylic acids is 3. The number of carboxylic acid groups (broad SMARTS) is 3. The Morgan fingerprint density at radius 2 is 1.67 bits per heavy atom. The largest absolute Gasteiger partial charge is 0.550 e. The fourth-order valence-corrected chi connectivity index (χ4v) is 8.52. The van der Waals surface area contributed by atoms with E-state index >= 15 is 0 Å². The number of hydrogen-bond acceptors (Lipinski definition) is 6. The fraction of sp³-hybridized carbons (Fsp3) is 0.792. The van der Waals surface area contributed by atoms with E-state index in [4.69, 9.17) is 0 Å². The molecule has 6 nitrogen and oxygen atoms in total. The van der Waals surface area contributed by atoms with Gasteiger partial charge in [-0.1, -0.05) is 45.8 Å². The standard InChI is InChI=1S/C24H34O6/c1-12(2)14-11-24-9-6-15-22(3,7-5-8-23(15,4)21(29)30)16(24)10-13(14)17(19(25)26)18(24)20(27)28/h11-13,15-18H,5-10H2,1-4H3,(H,25,26)(H,27,28)(H,29,30)/p-3/t13-,15-,16+,17+,18-,22+,23-,24+/m1/s1. The van der Waals surface area contributed by atoms with Crippen molar-refractivity contribution in [2.75, 3.05) is 0 Å². The van der Waals surface area contributed by atoms with Crippen molar-refractivity contribution in [1.29, 1.82) is 0 Å². The zero-order chi connectivity index (χ0) is 22.2. The lowest BCUT2D eigenvalue weighted by atomic mass is 9.34. The molecule has 0 radical (unpaired) electrons. The Balaban J connectivity index is 1.89. The van der Waals surface area contributed by atoms with Crippen LogP contribution in [-0.2, 0) is 14.4 Å². The van der Waals surface area contributed by atoms with Gasteiger partial charge >= 0.3 is 0 Å². The molecule has 3 fully saturated rings. The second-order valence-corrected chi connectivity index (χ2v) is 11.1. The predicted octanol–water partition coefficient (Wildman–Crippen LogP) is 0.294. The van der Waals surface area contributed by atoms with E-state index in [1.54, 1.807) is 6.92 Å². The number of fused-ring (bicyclic) bond motifs is 2. The number of carbonyl (C=O) groups excluding carboxylic acids is 3. The van der Waals surface area contributed by atoms with Crippen LogP contribution in [0.1, 0.15) is 66.2 Å². The first-order chi connectivity index (χ1) is 13.9. The normalized spacial score (nSPS) is 47.2. The highest BCUT2D eigenvalue weighted by Gasteiger charge is 2.68. The van der Waals surface area contributed by atoms with E-state index in [1.807, 2.05) is 13.8 Å². The van der Waals surface area contributed by atoms with Crippen molar-refractivity contribution in [2.24, 2.45) is 51.8 Å². The second-order valence-electron chi connectivity index (χ2n) is 11.1. The molecule has 0 aliphatic heterocycles. The van der Waals surface area contributed by atoms with Gasteiger partial charge in [-0.05, 0) is 61.2 Å². The quantitative estimate of drug-likeness (QED) is 0.609. The number of aliphatic carboxylic acids is 3. The minimum atomic E-state index is -1.32. The van der Waals surface area contributed by atoms with Crippen LogP contribution in [0.25, 0.3) is 0 Å². The van der Waals surface area contributed by atoms with Crippen LogP contribution in [0.4, 0.5) is 0 Å². The maximum Gasteiger partial charge on any atom is 0.0476 e. The molecular formula is C24H31O6-3. The Hall–Kier alpha value is -1.85. The maximum absolute atomic E-state index is 12.3. The van der Waals surface area contributed by atoms with Gasteiger partial charge in [0.1, 0.15) is 0 Å². The average molecular weight is 416 g/mol.